The summed E-state index contributed by atoms with van der Waals surface area (Å²) in [7, 11) is 2.39. The maximum absolute atomic E-state index is 6.11. The molecule has 0 saturated heterocycles. The first kappa shape index (κ1) is 11.8. The van der Waals surface area contributed by atoms with Gasteiger partial charge in [0.2, 0.25) is 0 Å². The molecule has 86 valence electrons. The monoisotopic (exact) mass is 276 g/mol. The van der Waals surface area contributed by atoms with Gasteiger partial charge in [0, 0.05) is 12.2 Å². The zero-order chi connectivity index (χ0) is 11.5. The van der Waals surface area contributed by atoms with Crippen LogP contribution in [-0.2, 0) is 0 Å². The topological polar surface area (TPSA) is 48.5 Å². The third-order valence-electron chi connectivity index (χ3n) is 2.13. The van der Waals surface area contributed by atoms with Crippen molar-refractivity contribution in [3.63, 3.8) is 0 Å². The Morgan fingerprint density at radius 2 is 2.00 bits per heavy atom. The number of nitrogens with one attached hydrogen (secondary N) is 3. The van der Waals surface area contributed by atoms with E-state index in [1.54, 1.807) is 12.1 Å². The Morgan fingerprint density at radius 3 is 2.50 bits per heavy atom. The van der Waals surface area contributed by atoms with Crippen LogP contribution in [-0.4, -0.2) is 19.0 Å². The number of anilines is 2. The molecule has 16 heavy (non-hydrogen) atoms. The SMILES string of the molecule is PNc1cc(Cl)c(NC2=NCCN2)c(Cl)c1. The minimum Gasteiger partial charge on any atom is -0.369 e. The Bertz CT molecular complexity index is 413. The summed E-state index contributed by atoms with van der Waals surface area (Å²) in [6.45, 7) is 1.60. The lowest BCUT2D eigenvalue weighted by Crippen LogP contribution is -2.26. The van der Waals surface area contributed by atoms with Crippen molar-refractivity contribution in [2.45, 2.75) is 0 Å². The van der Waals surface area contributed by atoms with E-state index < -0.39 is 0 Å². The third-order valence-corrected chi connectivity index (χ3v) is 3.06. The fourth-order valence-electron chi connectivity index (χ4n) is 1.38. The second-order valence-corrected chi connectivity index (χ2v) is 4.34. The Balaban J connectivity index is 2.26. The predicted molar refractivity (Wildman–Crippen MR) is 73.7 cm³/mol. The van der Waals surface area contributed by atoms with E-state index in [-0.39, 0.29) is 0 Å². The van der Waals surface area contributed by atoms with Gasteiger partial charge in [-0.15, -0.1) is 0 Å². The van der Waals surface area contributed by atoms with Gasteiger partial charge in [0.05, 0.1) is 22.3 Å². The van der Waals surface area contributed by atoms with Crippen molar-refractivity contribution in [2.75, 3.05) is 23.5 Å². The minimum absolute atomic E-state index is 0.550. The van der Waals surface area contributed by atoms with Crippen LogP contribution in [0.1, 0.15) is 0 Å². The minimum atomic E-state index is 0.550. The smallest absolute Gasteiger partial charge is 0.196 e. The largest absolute Gasteiger partial charge is 0.369 e. The molecule has 0 fully saturated rings. The highest BCUT2D eigenvalue weighted by atomic mass is 35.5. The lowest BCUT2D eigenvalue weighted by atomic mass is 10.3. The summed E-state index contributed by atoms with van der Waals surface area (Å²) >= 11 is 12.2. The summed E-state index contributed by atoms with van der Waals surface area (Å²) in [5, 5.41) is 10.2. The van der Waals surface area contributed by atoms with Gasteiger partial charge in [-0.2, -0.15) is 0 Å². The lowest BCUT2D eigenvalue weighted by molar-refractivity contribution is 0.959. The molecule has 1 aromatic carbocycles. The van der Waals surface area contributed by atoms with Crippen LogP contribution in [0.4, 0.5) is 11.4 Å². The first-order valence-corrected chi connectivity index (χ1v) is 6.05. The average Bonchev–Trinajstić information content (AvgIpc) is 2.75. The van der Waals surface area contributed by atoms with Gasteiger partial charge >= 0.3 is 0 Å². The summed E-state index contributed by atoms with van der Waals surface area (Å²) in [5.74, 6) is 0.704. The molecular formula is C9H11Cl2N4P. The Hall–Kier alpha value is -0.700. The molecule has 2 rings (SSSR count). The van der Waals surface area contributed by atoms with E-state index in [0.717, 1.165) is 18.8 Å². The van der Waals surface area contributed by atoms with Crippen LogP contribution in [0, 0.1) is 0 Å². The van der Waals surface area contributed by atoms with Crippen LogP contribution in [0.2, 0.25) is 10.0 Å². The molecule has 0 spiro atoms. The predicted octanol–water partition coefficient (Wildman–Crippen LogP) is 2.57. The van der Waals surface area contributed by atoms with E-state index in [2.05, 4.69) is 30.1 Å². The van der Waals surface area contributed by atoms with Gasteiger partial charge < -0.3 is 15.7 Å². The molecule has 1 atom stereocenters. The fourth-order valence-corrected chi connectivity index (χ4v) is 2.12. The maximum Gasteiger partial charge on any atom is 0.196 e. The molecule has 0 radical (unpaired) electrons. The lowest BCUT2D eigenvalue weighted by Gasteiger charge is -2.12. The second-order valence-electron chi connectivity index (χ2n) is 3.24. The van der Waals surface area contributed by atoms with Crippen molar-refractivity contribution in [1.29, 1.82) is 0 Å². The number of nitrogens with zero attached hydrogens (tertiary/aromatic N) is 1. The molecule has 1 aliphatic heterocycles. The molecule has 0 aliphatic carbocycles. The maximum atomic E-state index is 6.11. The van der Waals surface area contributed by atoms with Gasteiger partial charge in [0.15, 0.2) is 5.96 Å². The number of benzene rings is 1. The highest BCUT2D eigenvalue weighted by Gasteiger charge is 2.11. The molecule has 1 aromatic rings. The number of hydrogen-bond donors (Lipinski definition) is 3. The van der Waals surface area contributed by atoms with Gasteiger partial charge in [-0.25, -0.2) is 0 Å². The van der Waals surface area contributed by atoms with E-state index in [1.807, 2.05) is 0 Å². The summed E-state index contributed by atoms with van der Waals surface area (Å²) < 4.78 is 0. The van der Waals surface area contributed by atoms with E-state index in [1.165, 1.54) is 0 Å². The zero-order valence-corrected chi connectivity index (χ0v) is 11.0. The molecule has 0 amide bonds. The second kappa shape index (κ2) is 5.09. The van der Waals surface area contributed by atoms with Crippen molar-refractivity contribution in [1.82, 2.24) is 5.32 Å². The number of halogens is 2. The molecular weight excluding hydrogens is 266 g/mol. The standard InChI is InChI=1S/C9H11Cl2N4P/c10-6-3-5(15-16)4-7(11)8(6)14-9-12-1-2-13-9/h3-4,15H,1-2,16H2,(H2,12,13,14). The molecule has 0 saturated carbocycles. The molecule has 1 unspecified atom stereocenters. The van der Waals surface area contributed by atoms with Crippen LogP contribution < -0.4 is 15.7 Å². The Kier molecular flexibility index (Phi) is 3.74. The van der Waals surface area contributed by atoms with Crippen molar-refractivity contribution in [2.24, 2.45) is 4.99 Å². The molecule has 0 bridgehead atoms. The zero-order valence-electron chi connectivity index (χ0n) is 8.35. The molecule has 1 aliphatic rings. The number of hydrogen-bond acceptors (Lipinski definition) is 4. The Labute approximate surface area is 106 Å². The molecule has 7 heteroatoms. The molecule has 4 nitrogen and oxygen atoms in total. The van der Waals surface area contributed by atoms with E-state index in [0.29, 0.717) is 21.7 Å². The van der Waals surface area contributed by atoms with Gasteiger partial charge in [-0.05, 0) is 21.5 Å². The van der Waals surface area contributed by atoms with Crippen molar-refractivity contribution >= 4 is 49.9 Å². The fraction of sp³-hybridized carbons (Fsp3) is 0.222. The summed E-state index contributed by atoms with van der Waals surface area (Å²) in [6, 6.07) is 3.58. The summed E-state index contributed by atoms with van der Waals surface area (Å²) in [4.78, 5) is 4.21. The first-order valence-electron chi connectivity index (χ1n) is 4.71. The van der Waals surface area contributed by atoms with Crippen LogP contribution >= 0.6 is 32.6 Å². The van der Waals surface area contributed by atoms with Crippen LogP contribution in [0.3, 0.4) is 0 Å². The Morgan fingerprint density at radius 1 is 1.31 bits per heavy atom. The van der Waals surface area contributed by atoms with Crippen LogP contribution in [0.25, 0.3) is 0 Å². The van der Waals surface area contributed by atoms with Gasteiger partial charge in [0.1, 0.15) is 0 Å². The van der Waals surface area contributed by atoms with Crippen molar-refractivity contribution in [3.05, 3.63) is 22.2 Å². The summed E-state index contributed by atoms with van der Waals surface area (Å²) in [5.41, 5.74) is 1.51. The van der Waals surface area contributed by atoms with Crippen LogP contribution in [0.15, 0.2) is 17.1 Å². The van der Waals surface area contributed by atoms with Crippen molar-refractivity contribution < 1.29 is 0 Å². The van der Waals surface area contributed by atoms with Gasteiger partial charge in [-0.3, -0.25) is 4.99 Å². The first-order chi connectivity index (χ1) is 7.70. The van der Waals surface area contributed by atoms with Gasteiger partial charge in [0.25, 0.3) is 0 Å². The van der Waals surface area contributed by atoms with E-state index >= 15 is 0 Å². The third kappa shape index (κ3) is 2.51. The number of aliphatic imine (C=N–C) groups is 1. The van der Waals surface area contributed by atoms with Crippen LogP contribution in [0.5, 0.6) is 0 Å². The van der Waals surface area contributed by atoms with E-state index in [9.17, 15) is 0 Å². The molecule has 3 N–H and O–H groups in total. The average molecular weight is 277 g/mol. The molecule has 0 aromatic heterocycles. The number of rotatable bonds is 2. The quantitative estimate of drug-likeness (QED) is 0.728. The summed E-state index contributed by atoms with van der Waals surface area (Å²) in [6.07, 6.45) is 0. The normalized spacial score (nSPS) is 14.3. The van der Waals surface area contributed by atoms with E-state index in [4.69, 9.17) is 23.2 Å². The number of guanidine groups is 1. The van der Waals surface area contributed by atoms with Crippen molar-refractivity contribution in [3.8, 4) is 0 Å². The highest BCUT2D eigenvalue weighted by molar-refractivity contribution is 7.18. The molecule has 1 heterocycles. The van der Waals surface area contributed by atoms with Gasteiger partial charge in [-0.1, -0.05) is 23.2 Å². The highest BCUT2D eigenvalue weighted by Crippen LogP contribution is 2.34.